The smallest absolute Gasteiger partial charge is 0.306 e. The second kappa shape index (κ2) is 7.98. The number of rotatable bonds is 7. The summed E-state index contributed by atoms with van der Waals surface area (Å²) < 4.78 is 4.74. The molecule has 0 amide bonds. The number of carbonyl (C=O) groups excluding carboxylic acids is 2. The lowest BCUT2D eigenvalue weighted by Gasteiger charge is -2.32. The van der Waals surface area contributed by atoms with Crippen molar-refractivity contribution < 1.29 is 14.3 Å². The van der Waals surface area contributed by atoms with E-state index in [1.807, 2.05) is 20.8 Å². The fraction of sp³-hybridized carbons (Fsp3) is 0.529. The maximum Gasteiger partial charge on any atom is 0.306 e. The topological polar surface area (TPSA) is 43.4 Å². The lowest BCUT2D eigenvalue weighted by atomic mass is 9.72. The molecular formula is C17H22Cl2O3. The van der Waals surface area contributed by atoms with Crippen molar-refractivity contribution in [2.24, 2.45) is 11.3 Å². The molecule has 0 aliphatic heterocycles. The molecule has 0 bridgehead atoms. The van der Waals surface area contributed by atoms with Crippen molar-refractivity contribution in [3.8, 4) is 0 Å². The van der Waals surface area contributed by atoms with E-state index < -0.39 is 5.41 Å². The van der Waals surface area contributed by atoms with Crippen molar-refractivity contribution in [3.05, 3.63) is 33.8 Å². The molecule has 3 nitrogen and oxygen atoms in total. The van der Waals surface area contributed by atoms with Gasteiger partial charge in [0.15, 0.2) is 0 Å². The predicted molar refractivity (Wildman–Crippen MR) is 89.4 cm³/mol. The number of ether oxygens (including phenoxy) is 1. The molecule has 22 heavy (non-hydrogen) atoms. The summed E-state index contributed by atoms with van der Waals surface area (Å²) in [6.45, 7) is 5.95. The van der Waals surface area contributed by atoms with E-state index in [2.05, 4.69) is 0 Å². The number of Topliss-reactive ketones (excluding diaryl/α,β-unsaturated/α-hetero) is 1. The Balaban J connectivity index is 2.81. The van der Waals surface area contributed by atoms with Crippen LogP contribution in [0.2, 0.25) is 10.0 Å². The number of ketones is 1. The van der Waals surface area contributed by atoms with Crippen molar-refractivity contribution in [3.63, 3.8) is 0 Å². The fourth-order valence-corrected chi connectivity index (χ4v) is 2.74. The van der Waals surface area contributed by atoms with Gasteiger partial charge in [-0.25, -0.2) is 0 Å². The number of hydrogen-bond acceptors (Lipinski definition) is 3. The summed E-state index contributed by atoms with van der Waals surface area (Å²) >= 11 is 12.0. The maximum absolute atomic E-state index is 12.4. The summed E-state index contributed by atoms with van der Waals surface area (Å²) in [6.07, 6.45) is 0.763. The van der Waals surface area contributed by atoms with Gasteiger partial charge in [-0.05, 0) is 29.0 Å². The lowest BCUT2D eigenvalue weighted by Crippen LogP contribution is -2.31. The zero-order valence-electron chi connectivity index (χ0n) is 13.4. The zero-order valence-corrected chi connectivity index (χ0v) is 14.9. The Bertz CT molecular complexity index is 555. The molecule has 1 atom stereocenters. The van der Waals surface area contributed by atoms with Gasteiger partial charge in [-0.3, -0.25) is 9.59 Å². The van der Waals surface area contributed by atoms with Crippen LogP contribution in [0.15, 0.2) is 18.2 Å². The molecule has 0 fully saturated rings. The Kier molecular flexibility index (Phi) is 6.89. The molecule has 0 N–H and O–H groups in total. The number of esters is 1. The Morgan fingerprint density at radius 2 is 1.86 bits per heavy atom. The molecular weight excluding hydrogens is 323 g/mol. The Morgan fingerprint density at radius 1 is 1.23 bits per heavy atom. The van der Waals surface area contributed by atoms with E-state index in [9.17, 15) is 9.59 Å². The Morgan fingerprint density at radius 3 is 2.36 bits per heavy atom. The van der Waals surface area contributed by atoms with Gasteiger partial charge in [-0.15, -0.1) is 0 Å². The molecule has 0 aromatic heterocycles. The first-order valence-electron chi connectivity index (χ1n) is 7.20. The highest BCUT2D eigenvalue weighted by Crippen LogP contribution is 2.36. The zero-order chi connectivity index (χ0) is 16.9. The van der Waals surface area contributed by atoms with Crippen molar-refractivity contribution in [2.45, 2.75) is 40.0 Å². The largest absolute Gasteiger partial charge is 0.469 e. The average molecular weight is 345 g/mol. The molecule has 0 saturated heterocycles. The number of benzene rings is 1. The number of methoxy groups -OCH3 is 1. The third-order valence-electron chi connectivity index (χ3n) is 4.17. The van der Waals surface area contributed by atoms with Crippen molar-refractivity contribution >= 4 is 35.0 Å². The van der Waals surface area contributed by atoms with E-state index in [1.165, 1.54) is 7.11 Å². The van der Waals surface area contributed by atoms with Crippen LogP contribution in [-0.2, 0) is 20.7 Å². The molecule has 122 valence electrons. The lowest BCUT2D eigenvalue weighted by molar-refractivity contribution is -0.144. The highest BCUT2D eigenvalue weighted by atomic mass is 35.5. The minimum absolute atomic E-state index is 0.0457. The van der Waals surface area contributed by atoms with Crippen molar-refractivity contribution in [1.29, 1.82) is 0 Å². The summed E-state index contributed by atoms with van der Waals surface area (Å²) in [6, 6.07) is 5.10. The maximum atomic E-state index is 12.4. The molecule has 0 aliphatic carbocycles. The molecule has 0 aliphatic rings. The molecule has 5 heteroatoms. The summed E-state index contributed by atoms with van der Waals surface area (Å²) in [5, 5.41) is 1.03. The predicted octanol–water partition coefficient (Wildman–Crippen LogP) is 4.72. The van der Waals surface area contributed by atoms with Crippen molar-refractivity contribution in [2.75, 3.05) is 7.11 Å². The number of carbonyl (C=O) groups is 2. The third-order valence-corrected chi connectivity index (χ3v) is 4.76. The van der Waals surface area contributed by atoms with Crippen LogP contribution in [0.25, 0.3) is 0 Å². The minimum Gasteiger partial charge on any atom is -0.469 e. The first kappa shape index (κ1) is 19.0. The van der Waals surface area contributed by atoms with E-state index in [0.717, 1.165) is 5.56 Å². The summed E-state index contributed by atoms with van der Waals surface area (Å²) in [4.78, 5) is 24.0. The Labute approximate surface area is 141 Å². The van der Waals surface area contributed by atoms with Gasteiger partial charge in [0.2, 0.25) is 0 Å². The second-order valence-corrected chi connectivity index (χ2v) is 7.03. The van der Waals surface area contributed by atoms with E-state index in [0.29, 0.717) is 16.5 Å². The normalized spacial score (nSPS) is 13.8. The molecule has 1 unspecified atom stereocenters. The van der Waals surface area contributed by atoms with Gasteiger partial charge >= 0.3 is 5.97 Å². The van der Waals surface area contributed by atoms with Gasteiger partial charge in [-0.2, -0.15) is 0 Å². The molecule has 1 aromatic rings. The molecule has 1 rings (SSSR count). The minimum atomic E-state index is -0.428. The van der Waals surface area contributed by atoms with Crippen LogP contribution in [0.1, 0.15) is 39.2 Å². The third kappa shape index (κ3) is 5.29. The van der Waals surface area contributed by atoms with Gasteiger partial charge in [-0.1, -0.05) is 50.0 Å². The Hall–Kier alpha value is -1.06. The molecule has 0 spiro atoms. The molecule has 0 saturated carbocycles. The summed E-state index contributed by atoms with van der Waals surface area (Å²) in [5.41, 5.74) is 0.323. The van der Waals surface area contributed by atoms with Gasteiger partial charge < -0.3 is 4.74 Å². The van der Waals surface area contributed by atoms with Crippen LogP contribution in [-0.4, -0.2) is 18.9 Å². The van der Waals surface area contributed by atoms with Crippen molar-refractivity contribution in [1.82, 2.24) is 0 Å². The second-order valence-electron chi connectivity index (χ2n) is 6.19. The van der Waals surface area contributed by atoms with Crippen LogP contribution < -0.4 is 0 Å². The first-order chi connectivity index (χ1) is 10.2. The molecule has 1 aromatic carbocycles. The number of halogens is 2. The van der Waals surface area contributed by atoms with Crippen LogP contribution in [0.4, 0.5) is 0 Å². The van der Waals surface area contributed by atoms with Gasteiger partial charge in [0.25, 0.3) is 0 Å². The highest BCUT2D eigenvalue weighted by molar-refractivity contribution is 6.35. The van der Waals surface area contributed by atoms with E-state index in [4.69, 9.17) is 27.9 Å². The first-order valence-corrected chi connectivity index (χ1v) is 7.96. The highest BCUT2D eigenvalue weighted by Gasteiger charge is 2.34. The quantitative estimate of drug-likeness (QED) is 0.672. The van der Waals surface area contributed by atoms with Crippen LogP contribution in [0.3, 0.4) is 0 Å². The van der Waals surface area contributed by atoms with E-state index in [-0.39, 0.29) is 30.5 Å². The van der Waals surface area contributed by atoms with E-state index in [1.54, 1.807) is 18.2 Å². The average Bonchev–Trinajstić information content (AvgIpc) is 2.41. The van der Waals surface area contributed by atoms with Crippen LogP contribution in [0.5, 0.6) is 0 Å². The SMILES string of the molecule is COC(=O)CC(C)(CC(=O)Cc1ccc(Cl)cc1Cl)C(C)C. The summed E-state index contributed by atoms with van der Waals surface area (Å²) in [5.74, 6) is -0.0749. The van der Waals surface area contributed by atoms with Crippen LogP contribution >= 0.6 is 23.2 Å². The fourth-order valence-electron chi connectivity index (χ4n) is 2.26. The standard InChI is InChI=1S/C17H22Cl2O3/c1-11(2)17(3,10-16(21)22-4)9-14(20)7-12-5-6-13(18)8-15(12)19/h5-6,8,11H,7,9-10H2,1-4H3. The summed E-state index contributed by atoms with van der Waals surface area (Å²) in [7, 11) is 1.36. The molecule has 0 radical (unpaired) electrons. The van der Waals surface area contributed by atoms with Gasteiger partial charge in [0.05, 0.1) is 13.5 Å². The monoisotopic (exact) mass is 344 g/mol. The van der Waals surface area contributed by atoms with E-state index >= 15 is 0 Å². The molecule has 0 heterocycles. The number of hydrogen-bond donors (Lipinski definition) is 0. The van der Waals surface area contributed by atoms with Gasteiger partial charge in [0.1, 0.15) is 5.78 Å². The van der Waals surface area contributed by atoms with Crippen LogP contribution in [0, 0.1) is 11.3 Å². The van der Waals surface area contributed by atoms with Gasteiger partial charge in [0, 0.05) is 22.9 Å².